The molecule has 0 aromatic heterocycles. The highest BCUT2D eigenvalue weighted by Gasteiger charge is 2.11. The van der Waals surface area contributed by atoms with E-state index in [2.05, 4.69) is 22.0 Å². The third-order valence-electron chi connectivity index (χ3n) is 1.77. The van der Waals surface area contributed by atoms with Crippen LogP contribution < -0.4 is 4.74 Å². The van der Waals surface area contributed by atoms with Gasteiger partial charge in [-0.25, -0.2) is 0 Å². The number of benzene rings is 1. The molecule has 13 heavy (non-hydrogen) atoms. The lowest BCUT2D eigenvalue weighted by molar-refractivity contribution is 0.410. The maximum Gasteiger partial charge on any atom is 0.130 e. The van der Waals surface area contributed by atoms with Crippen LogP contribution in [-0.4, -0.2) is 7.11 Å². The molecule has 0 fully saturated rings. The molecule has 2 nitrogen and oxygen atoms in total. The standard InChI is InChI=1S/C10H10BrNO/c1-7-3-4-10(13-2)8(5-7)9(11)6-12/h3-5,9H,1-2H3. The van der Waals surface area contributed by atoms with Crippen molar-refractivity contribution in [3.8, 4) is 11.8 Å². The summed E-state index contributed by atoms with van der Waals surface area (Å²) in [7, 11) is 1.60. The second-order valence-electron chi connectivity index (χ2n) is 2.74. The molecule has 0 saturated carbocycles. The van der Waals surface area contributed by atoms with E-state index in [-0.39, 0.29) is 4.83 Å². The SMILES string of the molecule is COc1ccc(C)cc1C(Br)C#N. The number of alkyl halides is 1. The van der Waals surface area contributed by atoms with E-state index in [9.17, 15) is 0 Å². The molecule has 0 radical (unpaired) electrons. The van der Waals surface area contributed by atoms with Gasteiger partial charge in [-0.2, -0.15) is 5.26 Å². The van der Waals surface area contributed by atoms with Crippen molar-refractivity contribution in [1.82, 2.24) is 0 Å². The number of halogens is 1. The normalized spacial score (nSPS) is 11.8. The van der Waals surface area contributed by atoms with E-state index < -0.39 is 0 Å². The number of ether oxygens (including phenoxy) is 1. The van der Waals surface area contributed by atoms with Gasteiger partial charge in [0, 0.05) is 5.56 Å². The fourth-order valence-corrected chi connectivity index (χ4v) is 1.48. The fourth-order valence-electron chi connectivity index (χ4n) is 1.12. The third-order valence-corrected chi connectivity index (χ3v) is 2.47. The molecule has 0 N–H and O–H groups in total. The molecule has 0 aliphatic carbocycles. The quantitative estimate of drug-likeness (QED) is 0.744. The Hall–Kier alpha value is -1.01. The van der Waals surface area contributed by atoms with Gasteiger partial charge in [-0.3, -0.25) is 0 Å². The van der Waals surface area contributed by atoms with Gasteiger partial charge in [-0.1, -0.05) is 33.6 Å². The van der Waals surface area contributed by atoms with Crippen molar-refractivity contribution in [2.24, 2.45) is 0 Å². The van der Waals surface area contributed by atoms with E-state index in [4.69, 9.17) is 10.00 Å². The monoisotopic (exact) mass is 239 g/mol. The maximum atomic E-state index is 8.75. The Bertz CT molecular complexity index is 343. The lowest BCUT2D eigenvalue weighted by Gasteiger charge is -2.09. The summed E-state index contributed by atoms with van der Waals surface area (Å²) in [6, 6.07) is 7.89. The third kappa shape index (κ3) is 2.22. The van der Waals surface area contributed by atoms with Crippen molar-refractivity contribution in [3.63, 3.8) is 0 Å². The number of nitrogens with zero attached hydrogens (tertiary/aromatic N) is 1. The van der Waals surface area contributed by atoms with Crippen LogP contribution in [0.1, 0.15) is 16.0 Å². The lowest BCUT2D eigenvalue weighted by Crippen LogP contribution is -1.93. The summed E-state index contributed by atoms with van der Waals surface area (Å²) in [5.74, 6) is 0.744. The smallest absolute Gasteiger partial charge is 0.130 e. The molecule has 0 aliphatic heterocycles. The van der Waals surface area contributed by atoms with Crippen LogP contribution >= 0.6 is 15.9 Å². The molecule has 1 atom stereocenters. The van der Waals surface area contributed by atoms with Gasteiger partial charge in [-0.15, -0.1) is 0 Å². The van der Waals surface area contributed by atoms with Gasteiger partial charge >= 0.3 is 0 Å². The van der Waals surface area contributed by atoms with Gasteiger partial charge in [-0.05, 0) is 13.0 Å². The molecule has 1 unspecified atom stereocenters. The Morgan fingerprint density at radius 2 is 2.23 bits per heavy atom. The van der Waals surface area contributed by atoms with Crippen LogP contribution in [0.25, 0.3) is 0 Å². The Morgan fingerprint density at radius 1 is 1.54 bits per heavy atom. The predicted molar refractivity (Wildman–Crippen MR) is 55.0 cm³/mol. The minimum absolute atomic E-state index is 0.303. The molecule has 0 bridgehead atoms. The van der Waals surface area contributed by atoms with Crippen molar-refractivity contribution in [1.29, 1.82) is 5.26 Å². The van der Waals surface area contributed by atoms with Crippen LogP contribution in [0.5, 0.6) is 5.75 Å². The van der Waals surface area contributed by atoms with Crippen LogP contribution in [0, 0.1) is 18.3 Å². The zero-order chi connectivity index (χ0) is 9.84. The minimum Gasteiger partial charge on any atom is -0.496 e. The molecule has 68 valence electrons. The second-order valence-corrected chi connectivity index (χ2v) is 3.65. The summed E-state index contributed by atoms with van der Waals surface area (Å²) in [5.41, 5.74) is 2.00. The average molecular weight is 240 g/mol. The highest BCUT2D eigenvalue weighted by atomic mass is 79.9. The van der Waals surface area contributed by atoms with Gasteiger partial charge in [0.05, 0.1) is 13.2 Å². The molecule has 0 saturated heterocycles. The molecule has 3 heteroatoms. The zero-order valence-corrected chi connectivity index (χ0v) is 9.13. The predicted octanol–water partition coefficient (Wildman–Crippen LogP) is 2.96. The Kier molecular flexibility index (Phi) is 3.32. The highest BCUT2D eigenvalue weighted by Crippen LogP contribution is 2.31. The van der Waals surface area contributed by atoms with Gasteiger partial charge in [0.25, 0.3) is 0 Å². The Balaban J connectivity index is 3.17. The van der Waals surface area contributed by atoms with E-state index in [1.165, 1.54) is 0 Å². The highest BCUT2D eigenvalue weighted by molar-refractivity contribution is 9.09. The Morgan fingerprint density at radius 3 is 2.77 bits per heavy atom. The summed E-state index contributed by atoms with van der Waals surface area (Å²) in [6.07, 6.45) is 0. The van der Waals surface area contributed by atoms with Gasteiger partial charge in [0.2, 0.25) is 0 Å². The van der Waals surface area contributed by atoms with E-state index >= 15 is 0 Å². The zero-order valence-electron chi connectivity index (χ0n) is 7.54. The molecule has 0 spiro atoms. The molecule has 1 aromatic rings. The number of hydrogen-bond donors (Lipinski definition) is 0. The fraction of sp³-hybridized carbons (Fsp3) is 0.300. The van der Waals surface area contributed by atoms with Crippen molar-refractivity contribution in [3.05, 3.63) is 29.3 Å². The van der Waals surface area contributed by atoms with Crippen LogP contribution in [0.15, 0.2) is 18.2 Å². The summed E-state index contributed by atoms with van der Waals surface area (Å²) in [5, 5.41) is 8.75. The largest absolute Gasteiger partial charge is 0.496 e. The first-order valence-corrected chi connectivity index (χ1v) is 4.79. The van der Waals surface area contributed by atoms with Crippen molar-refractivity contribution >= 4 is 15.9 Å². The molecular weight excluding hydrogens is 230 g/mol. The molecule has 0 aliphatic rings. The van der Waals surface area contributed by atoms with E-state index in [0.29, 0.717) is 0 Å². The van der Waals surface area contributed by atoms with Gasteiger partial charge < -0.3 is 4.74 Å². The number of aryl methyl sites for hydroxylation is 1. The van der Waals surface area contributed by atoms with Crippen molar-refractivity contribution in [2.75, 3.05) is 7.11 Å². The minimum atomic E-state index is -0.303. The van der Waals surface area contributed by atoms with Crippen LogP contribution in [-0.2, 0) is 0 Å². The first-order valence-electron chi connectivity index (χ1n) is 3.87. The van der Waals surface area contributed by atoms with E-state index in [1.807, 2.05) is 25.1 Å². The lowest BCUT2D eigenvalue weighted by atomic mass is 10.1. The molecule has 1 rings (SSSR count). The second kappa shape index (κ2) is 4.29. The van der Waals surface area contributed by atoms with Crippen molar-refractivity contribution < 1.29 is 4.74 Å². The number of rotatable bonds is 2. The summed E-state index contributed by atoms with van der Waals surface area (Å²) in [4.78, 5) is -0.303. The molecule has 1 aromatic carbocycles. The van der Waals surface area contributed by atoms with E-state index in [1.54, 1.807) is 7.11 Å². The first kappa shape index (κ1) is 10.1. The molecular formula is C10H10BrNO. The molecule has 0 amide bonds. The number of methoxy groups -OCH3 is 1. The number of hydrogen-bond acceptors (Lipinski definition) is 2. The summed E-state index contributed by atoms with van der Waals surface area (Å²) < 4.78 is 5.14. The van der Waals surface area contributed by atoms with Crippen LogP contribution in [0.4, 0.5) is 0 Å². The van der Waals surface area contributed by atoms with Gasteiger partial charge in [0.15, 0.2) is 0 Å². The summed E-state index contributed by atoms with van der Waals surface area (Å²) >= 11 is 3.27. The van der Waals surface area contributed by atoms with Crippen LogP contribution in [0.3, 0.4) is 0 Å². The van der Waals surface area contributed by atoms with Crippen LogP contribution in [0.2, 0.25) is 0 Å². The summed E-state index contributed by atoms with van der Waals surface area (Å²) in [6.45, 7) is 1.99. The van der Waals surface area contributed by atoms with Crippen molar-refractivity contribution in [2.45, 2.75) is 11.8 Å². The van der Waals surface area contributed by atoms with Gasteiger partial charge in [0.1, 0.15) is 10.6 Å². The molecule has 0 heterocycles. The maximum absolute atomic E-state index is 8.75. The first-order chi connectivity index (χ1) is 6.19. The van der Waals surface area contributed by atoms with E-state index in [0.717, 1.165) is 16.9 Å². The Labute approximate surface area is 86.3 Å². The number of nitriles is 1. The average Bonchev–Trinajstić information content (AvgIpc) is 2.16. The topological polar surface area (TPSA) is 33.0 Å².